The Morgan fingerprint density at radius 1 is 1.12 bits per heavy atom. The number of anilines is 1. The fourth-order valence-corrected chi connectivity index (χ4v) is 2.88. The molecule has 1 aromatic carbocycles. The van der Waals surface area contributed by atoms with Crippen LogP contribution in [0.15, 0.2) is 42.7 Å². The molecule has 1 fully saturated rings. The number of piperidine rings is 1. The van der Waals surface area contributed by atoms with Crippen LogP contribution in [0.25, 0.3) is 0 Å². The fraction of sp³-hybridized carbons (Fsp3) is 0.389. The van der Waals surface area contributed by atoms with Crippen LogP contribution in [-0.4, -0.2) is 35.6 Å². The van der Waals surface area contributed by atoms with Crippen molar-refractivity contribution in [3.63, 3.8) is 0 Å². The summed E-state index contributed by atoms with van der Waals surface area (Å²) in [6.45, 7) is 2.83. The highest BCUT2D eigenvalue weighted by Crippen LogP contribution is 2.19. The van der Waals surface area contributed by atoms with Gasteiger partial charge in [0.2, 0.25) is 5.95 Å². The lowest BCUT2D eigenvalue weighted by Crippen LogP contribution is -2.42. The normalized spacial score (nSPS) is 15.0. The van der Waals surface area contributed by atoms with Crippen LogP contribution in [0.2, 0.25) is 0 Å². The van der Waals surface area contributed by atoms with Crippen LogP contribution >= 0.6 is 0 Å². The summed E-state index contributed by atoms with van der Waals surface area (Å²) in [6.07, 6.45) is 5.50. The van der Waals surface area contributed by atoms with Gasteiger partial charge in [0.1, 0.15) is 5.82 Å². The molecule has 0 bridgehead atoms. The molecule has 7 heteroatoms. The maximum Gasteiger partial charge on any atom is 0.315 e. The lowest BCUT2D eigenvalue weighted by molar-refractivity contribution is 0.237. The van der Waals surface area contributed by atoms with Crippen molar-refractivity contribution in [3.05, 3.63) is 54.1 Å². The molecule has 3 rings (SSSR count). The average molecular weight is 343 g/mol. The molecule has 2 heterocycles. The van der Waals surface area contributed by atoms with E-state index in [0.29, 0.717) is 19.0 Å². The fourth-order valence-electron chi connectivity index (χ4n) is 2.88. The highest BCUT2D eigenvalue weighted by molar-refractivity contribution is 5.73. The number of carbonyl (C=O) groups is 1. The molecule has 2 aromatic rings. The molecule has 0 spiro atoms. The van der Waals surface area contributed by atoms with Crippen molar-refractivity contribution in [2.45, 2.75) is 19.4 Å². The third-order valence-electron chi connectivity index (χ3n) is 4.37. The molecule has 2 amide bonds. The Morgan fingerprint density at radius 3 is 2.48 bits per heavy atom. The van der Waals surface area contributed by atoms with Crippen LogP contribution in [0.4, 0.5) is 15.1 Å². The predicted octanol–water partition coefficient (Wildman–Crippen LogP) is 2.33. The molecular formula is C18H22FN5O. The van der Waals surface area contributed by atoms with E-state index in [0.717, 1.165) is 37.4 Å². The van der Waals surface area contributed by atoms with Crippen LogP contribution in [0.3, 0.4) is 0 Å². The Kier molecular flexibility index (Phi) is 5.77. The van der Waals surface area contributed by atoms with E-state index in [4.69, 9.17) is 0 Å². The number of amides is 2. The number of hydrogen-bond donors (Lipinski definition) is 2. The van der Waals surface area contributed by atoms with E-state index in [2.05, 4.69) is 25.5 Å². The molecule has 1 aliphatic heterocycles. The van der Waals surface area contributed by atoms with Gasteiger partial charge in [0, 0.05) is 38.6 Å². The van der Waals surface area contributed by atoms with Crippen molar-refractivity contribution in [1.82, 2.24) is 20.6 Å². The van der Waals surface area contributed by atoms with E-state index in [1.807, 2.05) is 6.07 Å². The van der Waals surface area contributed by atoms with Gasteiger partial charge in [-0.1, -0.05) is 12.1 Å². The summed E-state index contributed by atoms with van der Waals surface area (Å²) < 4.78 is 12.8. The molecule has 1 aromatic heterocycles. The topological polar surface area (TPSA) is 70.2 Å². The number of rotatable bonds is 5. The van der Waals surface area contributed by atoms with Gasteiger partial charge in [-0.15, -0.1) is 0 Å². The Labute approximate surface area is 146 Å². The number of halogens is 1. The molecule has 0 atom stereocenters. The van der Waals surface area contributed by atoms with Gasteiger partial charge < -0.3 is 15.5 Å². The van der Waals surface area contributed by atoms with E-state index in [1.54, 1.807) is 24.5 Å². The Bertz CT molecular complexity index is 672. The number of urea groups is 1. The number of nitrogens with zero attached hydrogens (tertiary/aromatic N) is 3. The summed E-state index contributed by atoms with van der Waals surface area (Å²) in [6, 6.07) is 7.72. The van der Waals surface area contributed by atoms with Crippen molar-refractivity contribution >= 4 is 12.0 Å². The van der Waals surface area contributed by atoms with Crippen molar-refractivity contribution in [2.24, 2.45) is 5.92 Å². The van der Waals surface area contributed by atoms with Gasteiger partial charge in [0.15, 0.2) is 0 Å². The predicted molar refractivity (Wildman–Crippen MR) is 93.6 cm³/mol. The Hall–Kier alpha value is -2.70. The largest absolute Gasteiger partial charge is 0.341 e. The molecule has 6 nitrogen and oxygen atoms in total. The summed E-state index contributed by atoms with van der Waals surface area (Å²) in [5.74, 6) is 0.947. The van der Waals surface area contributed by atoms with E-state index in [1.165, 1.54) is 12.1 Å². The van der Waals surface area contributed by atoms with Crippen molar-refractivity contribution < 1.29 is 9.18 Å². The third kappa shape index (κ3) is 5.14. The second kappa shape index (κ2) is 8.41. The molecule has 0 unspecified atom stereocenters. The minimum atomic E-state index is -0.277. The maximum absolute atomic E-state index is 12.8. The summed E-state index contributed by atoms with van der Waals surface area (Å²) in [7, 11) is 0. The maximum atomic E-state index is 12.8. The summed E-state index contributed by atoms with van der Waals surface area (Å²) >= 11 is 0. The van der Waals surface area contributed by atoms with E-state index in [-0.39, 0.29) is 11.8 Å². The first kappa shape index (κ1) is 17.1. The monoisotopic (exact) mass is 343 g/mol. The molecule has 1 aliphatic rings. The molecule has 0 radical (unpaired) electrons. The van der Waals surface area contributed by atoms with Gasteiger partial charge in [-0.3, -0.25) is 0 Å². The second-order valence-corrected chi connectivity index (χ2v) is 6.17. The zero-order chi connectivity index (χ0) is 17.5. The molecule has 1 saturated heterocycles. The van der Waals surface area contributed by atoms with Crippen LogP contribution in [0.5, 0.6) is 0 Å². The quantitative estimate of drug-likeness (QED) is 0.874. The van der Waals surface area contributed by atoms with E-state index >= 15 is 0 Å². The standard InChI is InChI=1S/C18H22FN5O/c19-16-4-2-14(3-5-16)12-22-18(25)23-13-15-6-10-24(11-7-15)17-20-8-1-9-21-17/h1-5,8-9,15H,6-7,10-13H2,(H2,22,23,25). The molecule has 0 aliphatic carbocycles. The zero-order valence-corrected chi connectivity index (χ0v) is 14.0. The van der Waals surface area contributed by atoms with Gasteiger partial charge in [0.05, 0.1) is 0 Å². The first-order chi connectivity index (χ1) is 12.2. The average Bonchev–Trinajstić information content (AvgIpc) is 2.67. The van der Waals surface area contributed by atoms with E-state index in [9.17, 15) is 9.18 Å². The SMILES string of the molecule is O=C(NCc1ccc(F)cc1)NCC1CCN(c2ncccn2)CC1. The molecule has 0 saturated carbocycles. The van der Waals surface area contributed by atoms with Crippen molar-refractivity contribution in [2.75, 3.05) is 24.5 Å². The minimum Gasteiger partial charge on any atom is -0.341 e. The first-order valence-corrected chi connectivity index (χ1v) is 8.49. The highest BCUT2D eigenvalue weighted by Gasteiger charge is 2.21. The zero-order valence-electron chi connectivity index (χ0n) is 14.0. The van der Waals surface area contributed by atoms with Crippen molar-refractivity contribution in [3.8, 4) is 0 Å². The highest BCUT2D eigenvalue weighted by atomic mass is 19.1. The lowest BCUT2D eigenvalue weighted by atomic mass is 9.97. The molecular weight excluding hydrogens is 321 g/mol. The Morgan fingerprint density at radius 2 is 1.80 bits per heavy atom. The van der Waals surface area contributed by atoms with Gasteiger partial charge in [-0.25, -0.2) is 19.2 Å². The Balaban J connectivity index is 1.35. The second-order valence-electron chi connectivity index (χ2n) is 6.17. The van der Waals surface area contributed by atoms with Gasteiger partial charge >= 0.3 is 6.03 Å². The summed E-state index contributed by atoms with van der Waals surface area (Å²) in [4.78, 5) is 22.6. The van der Waals surface area contributed by atoms with Gasteiger partial charge in [-0.05, 0) is 42.5 Å². The van der Waals surface area contributed by atoms with Gasteiger partial charge in [0.25, 0.3) is 0 Å². The minimum absolute atomic E-state index is 0.196. The number of carbonyl (C=O) groups excluding carboxylic acids is 1. The molecule has 132 valence electrons. The number of nitrogens with one attached hydrogen (secondary N) is 2. The lowest BCUT2D eigenvalue weighted by Gasteiger charge is -2.31. The van der Waals surface area contributed by atoms with Crippen LogP contribution in [0.1, 0.15) is 18.4 Å². The smallest absolute Gasteiger partial charge is 0.315 e. The summed E-state index contributed by atoms with van der Waals surface area (Å²) in [5, 5.41) is 5.70. The van der Waals surface area contributed by atoms with Crippen LogP contribution in [-0.2, 0) is 6.54 Å². The first-order valence-electron chi connectivity index (χ1n) is 8.49. The number of benzene rings is 1. The summed E-state index contributed by atoms with van der Waals surface area (Å²) in [5.41, 5.74) is 0.868. The third-order valence-corrected chi connectivity index (χ3v) is 4.37. The number of hydrogen-bond acceptors (Lipinski definition) is 4. The van der Waals surface area contributed by atoms with Crippen molar-refractivity contribution in [1.29, 1.82) is 0 Å². The van der Waals surface area contributed by atoms with Crippen LogP contribution < -0.4 is 15.5 Å². The molecule has 25 heavy (non-hydrogen) atoms. The van der Waals surface area contributed by atoms with Crippen LogP contribution in [0, 0.1) is 11.7 Å². The van der Waals surface area contributed by atoms with E-state index < -0.39 is 0 Å². The van der Waals surface area contributed by atoms with Gasteiger partial charge in [-0.2, -0.15) is 0 Å². The number of aromatic nitrogens is 2. The molecule has 2 N–H and O–H groups in total.